The Hall–Kier alpha value is -1.81. The fourth-order valence-corrected chi connectivity index (χ4v) is 2.62. The number of rotatable bonds is 1. The molecule has 90 valence electrons. The normalized spacial score (nSPS) is 11.0. The molecule has 0 atom stereocenters. The van der Waals surface area contributed by atoms with Gasteiger partial charge in [0.05, 0.1) is 11.0 Å². The van der Waals surface area contributed by atoms with Gasteiger partial charge in [0.25, 0.3) is 0 Å². The van der Waals surface area contributed by atoms with Gasteiger partial charge in [-0.3, -0.25) is 0 Å². The highest BCUT2D eigenvalue weighted by Crippen LogP contribution is 2.26. The average molecular weight is 303 g/mol. The number of aryl methyl sites for hydroxylation is 1. The summed E-state index contributed by atoms with van der Waals surface area (Å²) in [6.45, 7) is 2.04. The van der Waals surface area contributed by atoms with E-state index >= 15 is 0 Å². The van der Waals surface area contributed by atoms with E-state index < -0.39 is 0 Å². The summed E-state index contributed by atoms with van der Waals surface area (Å²) in [5, 5.41) is 9.44. The smallest absolute Gasteiger partial charge is 0.138 e. The molecule has 0 radical (unpaired) electrons. The van der Waals surface area contributed by atoms with E-state index in [0.29, 0.717) is 0 Å². The lowest BCUT2D eigenvalue weighted by Crippen LogP contribution is -1.82. The van der Waals surface area contributed by atoms with E-state index in [1.165, 1.54) is 5.56 Å². The Kier molecular flexibility index (Phi) is 2.59. The van der Waals surface area contributed by atoms with E-state index in [1.807, 2.05) is 13.0 Å². The van der Waals surface area contributed by atoms with Crippen molar-refractivity contribution in [3.63, 3.8) is 0 Å². The van der Waals surface area contributed by atoms with Gasteiger partial charge in [-0.1, -0.05) is 15.9 Å². The second kappa shape index (κ2) is 4.14. The van der Waals surface area contributed by atoms with Crippen LogP contribution in [-0.2, 0) is 0 Å². The predicted molar refractivity (Wildman–Crippen MR) is 75.6 cm³/mol. The molecule has 0 unspecified atom stereocenters. The Labute approximate surface area is 113 Å². The van der Waals surface area contributed by atoms with Crippen molar-refractivity contribution in [3.8, 4) is 17.1 Å². The van der Waals surface area contributed by atoms with Crippen molar-refractivity contribution in [2.75, 3.05) is 0 Å². The van der Waals surface area contributed by atoms with Crippen LogP contribution in [-0.4, -0.2) is 15.1 Å². The number of benzene rings is 2. The summed E-state index contributed by atoms with van der Waals surface area (Å²) >= 11 is 3.48. The third kappa shape index (κ3) is 1.99. The van der Waals surface area contributed by atoms with Crippen molar-refractivity contribution in [2.45, 2.75) is 6.92 Å². The van der Waals surface area contributed by atoms with Gasteiger partial charge in [-0.15, -0.1) is 0 Å². The van der Waals surface area contributed by atoms with Gasteiger partial charge < -0.3 is 10.1 Å². The molecule has 0 fully saturated rings. The first kappa shape index (κ1) is 11.3. The number of nitrogens with one attached hydrogen (secondary N) is 1. The van der Waals surface area contributed by atoms with Crippen LogP contribution in [0.1, 0.15) is 5.56 Å². The SMILES string of the molecule is Cc1cc(Br)cc(-c2nc3ccc(O)cc3[nH]2)c1. The van der Waals surface area contributed by atoms with Gasteiger partial charge >= 0.3 is 0 Å². The number of fused-ring (bicyclic) bond motifs is 1. The summed E-state index contributed by atoms with van der Waals surface area (Å²) < 4.78 is 1.03. The number of halogens is 1. The molecule has 0 amide bonds. The van der Waals surface area contributed by atoms with Crippen molar-refractivity contribution in [2.24, 2.45) is 0 Å². The number of aromatic amines is 1. The molecular formula is C14H11BrN2O. The highest BCUT2D eigenvalue weighted by Gasteiger charge is 2.07. The Morgan fingerprint density at radius 2 is 2.00 bits per heavy atom. The van der Waals surface area contributed by atoms with E-state index in [4.69, 9.17) is 0 Å². The van der Waals surface area contributed by atoms with Gasteiger partial charge in [0.2, 0.25) is 0 Å². The zero-order valence-corrected chi connectivity index (χ0v) is 11.3. The van der Waals surface area contributed by atoms with E-state index in [2.05, 4.69) is 38.0 Å². The first-order valence-corrected chi connectivity index (χ1v) is 6.37. The van der Waals surface area contributed by atoms with Crippen molar-refractivity contribution in [1.82, 2.24) is 9.97 Å². The second-order valence-electron chi connectivity index (χ2n) is 4.30. The van der Waals surface area contributed by atoms with Gasteiger partial charge in [-0.25, -0.2) is 4.98 Å². The fraction of sp³-hybridized carbons (Fsp3) is 0.0714. The minimum Gasteiger partial charge on any atom is -0.508 e. The van der Waals surface area contributed by atoms with Crippen LogP contribution < -0.4 is 0 Å². The van der Waals surface area contributed by atoms with Crippen LogP contribution in [0.25, 0.3) is 22.4 Å². The Balaban J connectivity index is 2.19. The molecule has 0 saturated carbocycles. The molecule has 0 bridgehead atoms. The van der Waals surface area contributed by atoms with Crippen LogP contribution in [0.2, 0.25) is 0 Å². The lowest BCUT2D eigenvalue weighted by Gasteiger charge is -2.00. The third-order valence-corrected chi connectivity index (χ3v) is 3.24. The third-order valence-electron chi connectivity index (χ3n) is 2.78. The van der Waals surface area contributed by atoms with Crippen LogP contribution in [0.4, 0.5) is 0 Å². The molecule has 4 heteroatoms. The molecule has 0 spiro atoms. The molecular weight excluding hydrogens is 292 g/mol. The van der Waals surface area contributed by atoms with E-state index in [0.717, 1.165) is 26.9 Å². The molecule has 2 N–H and O–H groups in total. The minimum atomic E-state index is 0.239. The standard InChI is InChI=1S/C14H11BrN2O/c1-8-4-9(6-10(15)5-8)14-16-12-3-2-11(18)7-13(12)17-14/h2-7,18H,1H3,(H,16,17). The molecule has 3 aromatic rings. The summed E-state index contributed by atoms with van der Waals surface area (Å²) in [7, 11) is 0. The highest BCUT2D eigenvalue weighted by atomic mass is 79.9. The quantitative estimate of drug-likeness (QED) is 0.713. The van der Waals surface area contributed by atoms with Crippen molar-refractivity contribution < 1.29 is 5.11 Å². The van der Waals surface area contributed by atoms with Crippen molar-refractivity contribution >= 4 is 27.0 Å². The van der Waals surface area contributed by atoms with Gasteiger partial charge in [-0.2, -0.15) is 0 Å². The first-order chi connectivity index (χ1) is 8.61. The zero-order valence-electron chi connectivity index (χ0n) is 9.74. The minimum absolute atomic E-state index is 0.239. The van der Waals surface area contributed by atoms with Crippen LogP contribution >= 0.6 is 15.9 Å². The number of hydrogen-bond acceptors (Lipinski definition) is 2. The van der Waals surface area contributed by atoms with Crippen molar-refractivity contribution in [1.29, 1.82) is 0 Å². The number of imidazole rings is 1. The summed E-state index contributed by atoms with van der Waals surface area (Å²) in [4.78, 5) is 7.73. The molecule has 3 nitrogen and oxygen atoms in total. The number of H-pyrrole nitrogens is 1. The van der Waals surface area contributed by atoms with Crippen LogP contribution in [0.5, 0.6) is 5.75 Å². The Morgan fingerprint density at radius 3 is 2.78 bits per heavy atom. The van der Waals surface area contributed by atoms with Crippen LogP contribution in [0.3, 0.4) is 0 Å². The molecule has 3 rings (SSSR count). The van der Waals surface area contributed by atoms with E-state index in [1.54, 1.807) is 18.2 Å². The molecule has 0 aliphatic heterocycles. The number of phenolic OH excluding ortho intramolecular Hbond substituents is 1. The lowest BCUT2D eigenvalue weighted by molar-refractivity contribution is 0.476. The highest BCUT2D eigenvalue weighted by molar-refractivity contribution is 9.10. The summed E-state index contributed by atoms with van der Waals surface area (Å²) in [6.07, 6.45) is 0. The number of nitrogens with zero attached hydrogens (tertiary/aromatic N) is 1. The second-order valence-corrected chi connectivity index (χ2v) is 5.22. The maximum Gasteiger partial charge on any atom is 0.138 e. The van der Waals surface area contributed by atoms with Gasteiger partial charge in [0, 0.05) is 16.1 Å². The maximum absolute atomic E-state index is 9.44. The molecule has 0 aliphatic carbocycles. The number of aromatic hydroxyl groups is 1. The number of hydrogen-bond donors (Lipinski definition) is 2. The first-order valence-electron chi connectivity index (χ1n) is 5.58. The Bertz CT molecular complexity index is 713. The van der Waals surface area contributed by atoms with Crippen LogP contribution in [0.15, 0.2) is 40.9 Å². The maximum atomic E-state index is 9.44. The molecule has 1 aromatic heterocycles. The molecule has 0 saturated heterocycles. The largest absolute Gasteiger partial charge is 0.508 e. The van der Waals surface area contributed by atoms with Gasteiger partial charge in [-0.05, 0) is 42.8 Å². The lowest BCUT2D eigenvalue weighted by atomic mass is 10.1. The number of phenols is 1. The van der Waals surface area contributed by atoms with Gasteiger partial charge in [0.15, 0.2) is 0 Å². The predicted octanol–water partition coefficient (Wildman–Crippen LogP) is 4.01. The topological polar surface area (TPSA) is 48.9 Å². The van der Waals surface area contributed by atoms with E-state index in [-0.39, 0.29) is 5.75 Å². The average Bonchev–Trinajstić information content (AvgIpc) is 2.70. The monoisotopic (exact) mass is 302 g/mol. The van der Waals surface area contributed by atoms with E-state index in [9.17, 15) is 5.11 Å². The van der Waals surface area contributed by atoms with Crippen LogP contribution in [0, 0.1) is 6.92 Å². The Morgan fingerprint density at radius 1 is 1.17 bits per heavy atom. The van der Waals surface area contributed by atoms with Gasteiger partial charge in [0.1, 0.15) is 11.6 Å². The summed E-state index contributed by atoms with van der Waals surface area (Å²) in [6, 6.07) is 11.3. The molecule has 18 heavy (non-hydrogen) atoms. The molecule has 0 aliphatic rings. The number of aromatic nitrogens is 2. The molecule has 1 heterocycles. The van der Waals surface area contributed by atoms with Crippen molar-refractivity contribution in [3.05, 3.63) is 46.4 Å². The summed E-state index contributed by atoms with van der Waals surface area (Å²) in [5.41, 5.74) is 3.88. The zero-order chi connectivity index (χ0) is 12.7. The molecule has 2 aromatic carbocycles. The summed E-state index contributed by atoms with van der Waals surface area (Å²) in [5.74, 6) is 1.04. The fourth-order valence-electron chi connectivity index (χ4n) is 2.01.